The average Bonchev–Trinajstić information content (AvgIpc) is 2.36. The van der Waals surface area contributed by atoms with Gasteiger partial charge >= 0.3 is 5.97 Å². The number of esters is 1. The van der Waals surface area contributed by atoms with Gasteiger partial charge in [0, 0.05) is 12.4 Å². The maximum Gasteiger partial charge on any atom is 0.309 e. The van der Waals surface area contributed by atoms with Crippen LogP contribution < -0.4 is 0 Å². The second-order valence-corrected chi connectivity index (χ2v) is 4.76. The molecule has 0 spiro atoms. The summed E-state index contributed by atoms with van der Waals surface area (Å²) in [6, 6.07) is 7.89. The van der Waals surface area contributed by atoms with E-state index in [2.05, 4.69) is 4.74 Å². The number of carbonyl (C=O) groups excluding carboxylic acids is 1. The molecule has 0 aliphatic rings. The van der Waals surface area contributed by atoms with Crippen LogP contribution in [0.15, 0.2) is 24.3 Å². The van der Waals surface area contributed by atoms with Crippen molar-refractivity contribution in [3.05, 3.63) is 35.4 Å². The summed E-state index contributed by atoms with van der Waals surface area (Å²) in [5.74, 6) is 1.59. The molecule has 1 aromatic rings. The van der Waals surface area contributed by atoms with Crippen LogP contribution in [0.3, 0.4) is 0 Å². The highest BCUT2D eigenvalue weighted by molar-refractivity contribution is 7.98. The topological polar surface area (TPSA) is 46.5 Å². The van der Waals surface area contributed by atoms with Crippen molar-refractivity contribution in [3.63, 3.8) is 0 Å². The van der Waals surface area contributed by atoms with Crippen molar-refractivity contribution in [2.45, 2.75) is 18.6 Å². The summed E-state index contributed by atoms with van der Waals surface area (Å²) in [7, 11) is 1.40. The van der Waals surface area contributed by atoms with Crippen molar-refractivity contribution < 1.29 is 14.6 Å². The molecular weight excluding hydrogens is 236 g/mol. The summed E-state index contributed by atoms with van der Waals surface area (Å²) in [4.78, 5) is 11.2. The van der Waals surface area contributed by atoms with E-state index in [1.807, 2.05) is 24.3 Å². The predicted molar refractivity (Wildman–Crippen MR) is 70.0 cm³/mol. The molecule has 0 heterocycles. The van der Waals surface area contributed by atoms with Crippen molar-refractivity contribution in [1.82, 2.24) is 0 Å². The number of benzene rings is 1. The molecule has 0 aromatic heterocycles. The lowest BCUT2D eigenvalue weighted by atomic mass is 10.1. The van der Waals surface area contributed by atoms with Crippen LogP contribution in [0.2, 0.25) is 0 Å². The smallest absolute Gasteiger partial charge is 0.309 e. The van der Waals surface area contributed by atoms with E-state index in [1.165, 1.54) is 12.7 Å². The fourth-order valence-electron chi connectivity index (χ4n) is 1.45. The summed E-state index contributed by atoms with van der Waals surface area (Å²) >= 11 is 1.77. The van der Waals surface area contributed by atoms with Gasteiger partial charge in [-0.3, -0.25) is 4.79 Å². The Morgan fingerprint density at radius 2 is 2.06 bits per heavy atom. The van der Waals surface area contributed by atoms with Crippen molar-refractivity contribution >= 4 is 17.7 Å². The molecule has 0 saturated heterocycles. The van der Waals surface area contributed by atoms with E-state index in [0.717, 1.165) is 23.5 Å². The molecule has 0 fully saturated rings. The molecule has 94 valence electrons. The molecule has 0 aliphatic carbocycles. The number of hydrogen-bond acceptors (Lipinski definition) is 4. The zero-order chi connectivity index (χ0) is 12.5. The number of thioether (sulfide) groups is 1. The van der Waals surface area contributed by atoms with Gasteiger partial charge in [0.15, 0.2) is 0 Å². The number of methoxy groups -OCH3 is 1. The van der Waals surface area contributed by atoms with E-state index in [4.69, 9.17) is 5.11 Å². The number of hydrogen-bond donors (Lipinski definition) is 1. The Labute approximate surface area is 106 Å². The Hall–Kier alpha value is -1.00. The van der Waals surface area contributed by atoms with E-state index in [0.29, 0.717) is 6.42 Å². The molecular formula is C13H18O3S. The summed E-state index contributed by atoms with van der Waals surface area (Å²) in [6.45, 7) is 0.233. The molecule has 0 bridgehead atoms. The average molecular weight is 254 g/mol. The van der Waals surface area contributed by atoms with Crippen LogP contribution in [-0.4, -0.2) is 30.5 Å². The fourth-order valence-corrected chi connectivity index (χ4v) is 2.43. The number of aliphatic hydroxyl groups is 1. The number of rotatable bonds is 7. The van der Waals surface area contributed by atoms with E-state index >= 15 is 0 Å². The zero-order valence-electron chi connectivity index (χ0n) is 10.0. The minimum absolute atomic E-state index is 0.210. The van der Waals surface area contributed by atoms with Crippen molar-refractivity contribution in [2.75, 3.05) is 19.5 Å². The highest BCUT2D eigenvalue weighted by Gasteiger charge is 2.07. The minimum Gasteiger partial charge on any atom is -0.469 e. The van der Waals surface area contributed by atoms with E-state index in [1.54, 1.807) is 11.8 Å². The molecule has 0 amide bonds. The summed E-state index contributed by atoms with van der Waals surface area (Å²) in [5, 5.41) is 8.69. The van der Waals surface area contributed by atoms with Crippen molar-refractivity contribution in [1.29, 1.82) is 0 Å². The Morgan fingerprint density at radius 1 is 1.35 bits per heavy atom. The lowest BCUT2D eigenvalue weighted by Crippen LogP contribution is -2.06. The molecule has 0 radical (unpaired) electrons. The Bertz CT molecular complexity index is 352. The molecule has 17 heavy (non-hydrogen) atoms. The molecule has 1 aromatic carbocycles. The van der Waals surface area contributed by atoms with Crippen LogP contribution in [0.4, 0.5) is 0 Å². The lowest BCUT2D eigenvalue weighted by molar-refractivity contribution is -0.139. The SMILES string of the molecule is COC(=O)Cc1ccccc1CSCCCO. The highest BCUT2D eigenvalue weighted by atomic mass is 32.2. The lowest BCUT2D eigenvalue weighted by Gasteiger charge is -2.08. The monoisotopic (exact) mass is 254 g/mol. The van der Waals surface area contributed by atoms with Crippen LogP contribution in [0.5, 0.6) is 0 Å². The minimum atomic E-state index is -0.210. The largest absolute Gasteiger partial charge is 0.469 e. The maximum absolute atomic E-state index is 11.2. The number of ether oxygens (including phenoxy) is 1. The second kappa shape index (κ2) is 8.14. The first kappa shape index (κ1) is 14.1. The van der Waals surface area contributed by atoms with Crippen molar-refractivity contribution in [3.8, 4) is 0 Å². The molecule has 3 nitrogen and oxygen atoms in total. The van der Waals surface area contributed by atoms with Crippen LogP contribution >= 0.6 is 11.8 Å². The van der Waals surface area contributed by atoms with Gasteiger partial charge in [0.05, 0.1) is 13.5 Å². The number of carbonyl (C=O) groups is 1. The second-order valence-electron chi connectivity index (χ2n) is 3.65. The third-order valence-electron chi connectivity index (χ3n) is 2.39. The van der Waals surface area contributed by atoms with E-state index < -0.39 is 0 Å². The van der Waals surface area contributed by atoms with Gasteiger partial charge in [0.2, 0.25) is 0 Å². The maximum atomic E-state index is 11.2. The summed E-state index contributed by atoms with van der Waals surface area (Å²) in [5.41, 5.74) is 2.19. The van der Waals surface area contributed by atoms with Crippen LogP contribution in [0.25, 0.3) is 0 Å². The standard InChI is InChI=1S/C13H18O3S/c1-16-13(15)9-11-5-2-3-6-12(11)10-17-8-4-7-14/h2-3,5-6,14H,4,7-10H2,1H3. The first-order valence-corrected chi connectivity index (χ1v) is 6.75. The molecule has 0 saturated carbocycles. The van der Waals surface area contributed by atoms with Crippen LogP contribution in [0, 0.1) is 0 Å². The van der Waals surface area contributed by atoms with Gasteiger partial charge in [0.25, 0.3) is 0 Å². The molecule has 0 aliphatic heterocycles. The molecule has 1 rings (SSSR count). The van der Waals surface area contributed by atoms with Crippen LogP contribution in [-0.2, 0) is 21.7 Å². The zero-order valence-corrected chi connectivity index (χ0v) is 10.8. The normalized spacial score (nSPS) is 10.2. The quantitative estimate of drug-likeness (QED) is 0.597. The van der Waals surface area contributed by atoms with Gasteiger partial charge in [-0.2, -0.15) is 11.8 Å². The predicted octanol–water partition coefficient (Wildman–Crippen LogP) is 2.02. The molecule has 0 unspecified atom stereocenters. The Balaban J connectivity index is 2.54. The van der Waals surface area contributed by atoms with Gasteiger partial charge in [-0.1, -0.05) is 24.3 Å². The molecule has 0 atom stereocenters. The van der Waals surface area contributed by atoms with Gasteiger partial charge in [-0.25, -0.2) is 0 Å². The first-order valence-electron chi connectivity index (χ1n) is 5.60. The Kier molecular flexibility index (Phi) is 6.74. The molecule has 4 heteroatoms. The van der Waals surface area contributed by atoms with E-state index in [9.17, 15) is 4.79 Å². The first-order chi connectivity index (χ1) is 8.27. The third kappa shape index (κ3) is 5.24. The van der Waals surface area contributed by atoms with Gasteiger partial charge < -0.3 is 9.84 Å². The van der Waals surface area contributed by atoms with Gasteiger partial charge in [-0.15, -0.1) is 0 Å². The van der Waals surface area contributed by atoms with Crippen molar-refractivity contribution in [2.24, 2.45) is 0 Å². The molecule has 1 N–H and O–H groups in total. The Morgan fingerprint density at radius 3 is 2.71 bits per heavy atom. The van der Waals surface area contributed by atoms with E-state index in [-0.39, 0.29) is 12.6 Å². The summed E-state index contributed by atoms with van der Waals surface area (Å²) in [6.07, 6.45) is 1.14. The summed E-state index contributed by atoms with van der Waals surface area (Å²) < 4.78 is 4.67. The van der Waals surface area contributed by atoms with Crippen LogP contribution in [0.1, 0.15) is 17.5 Å². The third-order valence-corrected chi connectivity index (χ3v) is 3.48. The fraction of sp³-hybridized carbons (Fsp3) is 0.462. The van der Waals surface area contributed by atoms with Gasteiger partial charge in [0.1, 0.15) is 0 Å². The number of aliphatic hydroxyl groups excluding tert-OH is 1. The highest BCUT2D eigenvalue weighted by Crippen LogP contribution is 2.18. The van der Waals surface area contributed by atoms with Gasteiger partial charge in [-0.05, 0) is 23.3 Å².